The standard InChI is InChI=1S/C12H18ClN3O/c13-4-9-17-11-2-7-16(8-3-11)10-12-14-5-1-6-15-12/h1,5-6,11H,2-4,7-10H2. The Kier molecular flexibility index (Phi) is 5.16. The van der Waals surface area contributed by atoms with Gasteiger partial charge in [-0.25, -0.2) is 9.97 Å². The van der Waals surface area contributed by atoms with Gasteiger partial charge in [-0.1, -0.05) is 0 Å². The van der Waals surface area contributed by atoms with Gasteiger partial charge in [-0.2, -0.15) is 0 Å². The Morgan fingerprint density at radius 1 is 1.29 bits per heavy atom. The van der Waals surface area contributed by atoms with Crippen LogP contribution in [-0.2, 0) is 11.3 Å². The monoisotopic (exact) mass is 255 g/mol. The summed E-state index contributed by atoms with van der Waals surface area (Å²) in [6, 6.07) is 1.84. The zero-order chi connectivity index (χ0) is 11.9. The first-order valence-corrected chi connectivity index (χ1v) is 6.58. The van der Waals surface area contributed by atoms with E-state index in [-0.39, 0.29) is 0 Å². The zero-order valence-corrected chi connectivity index (χ0v) is 10.6. The maximum atomic E-state index is 5.64. The van der Waals surface area contributed by atoms with Crippen LogP contribution in [0.3, 0.4) is 0 Å². The van der Waals surface area contributed by atoms with Crippen LogP contribution in [0.15, 0.2) is 18.5 Å². The van der Waals surface area contributed by atoms with Crippen molar-refractivity contribution in [1.82, 2.24) is 14.9 Å². The molecule has 0 saturated carbocycles. The highest BCUT2D eigenvalue weighted by molar-refractivity contribution is 6.17. The summed E-state index contributed by atoms with van der Waals surface area (Å²) in [6.07, 6.45) is 6.10. The number of alkyl halides is 1. The molecule has 1 saturated heterocycles. The molecule has 2 rings (SSSR count). The number of piperidine rings is 1. The summed E-state index contributed by atoms with van der Waals surface area (Å²) in [7, 11) is 0. The van der Waals surface area contributed by atoms with E-state index in [4.69, 9.17) is 16.3 Å². The number of hydrogen-bond donors (Lipinski definition) is 0. The average Bonchev–Trinajstić information content (AvgIpc) is 2.39. The van der Waals surface area contributed by atoms with Gasteiger partial charge in [0.15, 0.2) is 0 Å². The molecule has 0 atom stereocenters. The van der Waals surface area contributed by atoms with Gasteiger partial charge in [0, 0.05) is 31.4 Å². The number of hydrogen-bond acceptors (Lipinski definition) is 4. The highest BCUT2D eigenvalue weighted by atomic mass is 35.5. The van der Waals surface area contributed by atoms with Crippen molar-refractivity contribution in [2.45, 2.75) is 25.5 Å². The highest BCUT2D eigenvalue weighted by Crippen LogP contribution is 2.14. The maximum absolute atomic E-state index is 5.64. The molecule has 4 nitrogen and oxygen atoms in total. The van der Waals surface area contributed by atoms with Gasteiger partial charge in [-0.15, -0.1) is 11.6 Å². The number of aromatic nitrogens is 2. The van der Waals surface area contributed by atoms with Crippen molar-refractivity contribution in [3.8, 4) is 0 Å². The molecule has 1 aromatic rings. The topological polar surface area (TPSA) is 38.2 Å². The number of rotatable bonds is 5. The summed E-state index contributed by atoms with van der Waals surface area (Å²) in [5.74, 6) is 1.48. The number of likely N-dealkylation sites (tertiary alicyclic amines) is 1. The molecule has 0 aliphatic carbocycles. The summed E-state index contributed by atoms with van der Waals surface area (Å²) < 4.78 is 5.64. The van der Waals surface area contributed by atoms with E-state index >= 15 is 0 Å². The third-order valence-corrected chi connectivity index (χ3v) is 3.10. The van der Waals surface area contributed by atoms with Crippen molar-refractivity contribution in [3.63, 3.8) is 0 Å². The molecule has 0 amide bonds. The van der Waals surface area contributed by atoms with E-state index in [0.29, 0.717) is 18.6 Å². The number of ether oxygens (including phenoxy) is 1. The van der Waals surface area contributed by atoms with Crippen LogP contribution in [-0.4, -0.2) is 46.5 Å². The Labute approximate surface area is 107 Å². The minimum atomic E-state index is 0.377. The van der Waals surface area contributed by atoms with Crippen LogP contribution in [0.5, 0.6) is 0 Å². The van der Waals surface area contributed by atoms with Gasteiger partial charge in [0.2, 0.25) is 0 Å². The van der Waals surface area contributed by atoms with Crippen LogP contribution in [0.25, 0.3) is 0 Å². The van der Waals surface area contributed by atoms with Crippen LogP contribution < -0.4 is 0 Å². The molecule has 0 aromatic carbocycles. The largest absolute Gasteiger partial charge is 0.377 e. The Balaban J connectivity index is 1.72. The zero-order valence-electron chi connectivity index (χ0n) is 9.89. The van der Waals surface area contributed by atoms with Crippen LogP contribution in [0.4, 0.5) is 0 Å². The number of halogens is 1. The normalized spacial score (nSPS) is 18.4. The van der Waals surface area contributed by atoms with Crippen molar-refractivity contribution in [2.24, 2.45) is 0 Å². The minimum absolute atomic E-state index is 0.377. The van der Waals surface area contributed by atoms with E-state index in [1.54, 1.807) is 12.4 Å². The molecule has 0 unspecified atom stereocenters. The molecule has 0 radical (unpaired) electrons. The molecular weight excluding hydrogens is 238 g/mol. The summed E-state index contributed by atoms with van der Waals surface area (Å²) >= 11 is 5.60. The van der Waals surface area contributed by atoms with Crippen molar-refractivity contribution in [1.29, 1.82) is 0 Å². The number of nitrogens with zero attached hydrogens (tertiary/aromatic N) is 3. The lowest BCUT2D eigenvalue weighted by molar-refractivity contribution is 0.0129. The Morgan fingerprint density at radius 2 is 2.00 bits per heavy atom. The molecular formula is C12H18ClN3O. The second-order valence-electron chi connectivity index (χ2n) is 4.20. The van der Waals surface area contributed by atoms with Crippen molar-refractivity contribution in [2.75, 3.05) is 25.6 Å². The van der Waals surface area contributed by atoms with E-state index in [0.717, 1.165) is 38.3 Å². The fraction of sp³-hybridized carbons (Fsp3) is 0.667. The van der Waals surface area contributed by atoms with Crippen molar-refractivity contribution < 1.29 is 4.74 Å². The maximum Gasteiger partial charge on any atom is 0.142 e. The first kappa shape index (κ1) is 12.7. The van der Waals surface area contributed by atoms with Gasteiger partial charge in [-0.3, -0.25) is 4.90 Å². The van der Waals surface area contributed by atoms with Crippen molar-refractivity contribution in [3.05, 3.63) is 24.3 Å². The molecule has 1 aromatic heterocycles. The fourth-order valence-electron chi connectivity index (χ4n) is 2.06. The van der Waals surface area contributed by atoms with E-state index in [9.17, 15) is 0 Å². The molecule has 94 valence electrons. The Bertz CT molecular complexity index is 315. The molecule has 5 heteroatoms. The quantitative estimate of drug-likeness (QED) is 0.751. The third kappa shape index (κ3) is 4.22. The van der Waals surface area contributed by atoms with Gasteiger partial charge >= 0.3 is 0 Å². The molecule has 0 spiro atoms. The first-order chi connectivity index (χ1) is 8.38. The van der Waals surface area contributed by atoms with Crippen molar-refractivity contribution >= 4 is 11.6 Å². The predicted octanol–water partition coefficient (Wildman–Crippen LogP) is 1.70. The lowest BCUT2D eigenvalue weighted by Crippen LogP contribution is -2.37. The fourth-order valence-corrected chi connectivity index (χ4v) is 2.15. The van der Waals surface area contributed by atoms with Gasteiger partial charge < -0.3 is 4.74 Å². The predicted molar refractivity (Wildman–Crippen MR) is 67.0 cm³/mol. The third-order valence-electron chi connectivity index (χ3n) is 2.95. The molecule has 1 aliphatic heterocycles. The summed E-state index contributed by atoms with van der Waals surface area (Å²) in [6.45, 7) is 3.59. The first-order valence-electron chi connectivity index (χ1n) is 6.04. The molecule has 2 heterocycles. The second kappa shape index (κ2) is 6.89. The van der Waals surface area contributed by atoms with Gasteiger partial charge in [0.05, 0.1) is 19.3 Å². The van der Waals surface area contributed by atoms with Crippen LogP contribution >= 0.6 is 11.6 Å². The lowest BCUT2D eigenvalue weighted by atomic mass is 10.1. The van der Waals surface area contributed by atoms with E-state index in [2.05, 4.69) is 14.9 Å². The van der Waals surface area contributed by atoms with Crippen LogP contribution in [0.1, 0.15) is 18.7 Å². The molecule has 17 heavy (non-hydrogen) atoms. The molecule has 0 bridgehead atoms. The smallest absolute Gasteiger partial charge is 0.142 e. The molecule has 1 fully saturated rings. The minimum Gasteiger partial charge on any atom is -0.377 e. The van der Waals surface area contributed by atoms with Crippen LogP contribution in [0, 0.1) is 0 Å². The summed E-state index contributed by atoms with van der Waals surface area (Å²) in [5, 5.41) is 0. The average molecular weight is 256 g/mol. The lowest BCUT2D eigenvalue weighted by Gasteiger charge is -2.31. The second-order valence-corrected chi connectivity index (χ2v) is 4.58. The summed E-state index contributed by atoms with van der Waals surface area (Å²) in [5.41, 5.74) is 0. The van der Waals surface area contributed by atoms with E-state index < -0.39 is 0 Å². The SMILES string of the molecule is ClCCOC1CCN(Cc2ncccn2)CC1. The molecule has 0 N–H and O–H groups in total. The Morgan fingerprint density at radius 3 is 2.65 bits per heavy atom. The summed E-state index contributed by atoms with van der Waals surface area (Å²) in [4.78, 5) is 10.9. The highest BCUT2D eigenvalue weighted by Gasteiger charge is 2.19. The van der Waals surface area contributed by atoms with Gasteiger partial charge in [0.25, 0.3) is 0 Å². The van der Waals surface area contributed by atoms with E-state index in [1.165, 1.54) is 0 Å². The van der Waals surface area contributed by atoms with Gasteiger partial charge in [0.1, 0.15) is 5.82 Å². The Hall–Kier alpha value is -0.710. The van der Waals surface area contributed by atoms with Gasteiger partial charge in [-0.05, 0) is 18.9 Å². The molecule has 1 aliphatic rings. The van der Waals surface area contributed by atoms with Crippen LogP contribution in [0.2, 0.25) is 0 Å². The van der Waals surface area contributed by atoms with E-state index in [1.807, 2.05) is 6.07 Å².